The minimum atomic E-state index is -10.7. The van der Waals surface area contributed by atoms with Crippen molar-refractivity contribution in [3.63, 3.8) is 0 Å². The van der Waals surface area contributed by atoms with E-state index in [0.29, 0.717) is 0 Å². The monoisotopic (exact) mass is 331 g/mol. The molecule has 2 aromatic rings. The first kappa shape index (κ1) is 17.2. The molecule has 1 heterocycles. The van der Waals surface area contributed by atoms with Crippen LogP contribution in [0.3, 0.4) is 0 Å². The number of rotatable bonds is 2. The Labute approximate surface area is 116 Å². The van der Waals surface area contributed by atoms with Gasteiger partial charge in [0.15, 0.2) is 0 Å². The van der Waals surface area contributed by atoms with Crippen molar-refractivity contribution in [1.29, 1.82) is 0 Å². The van der Waals surface area contributed by atoms with Gasteiger partial charge < -0.3 is 0 Å². The predicted octanol–water partition coefficient (Wildman–Crippen LogP) is 5.08. The van der Waals surface area contributed by atoms with Crippen LogP contribution in [0.2, 0.25) is 0 Å². The number of pyridine rings is 1. The first-order valence-electron chi connectivity index (χ1n) is 5.53. The van der Waals surface area contributed by atoms with Crippen LogP contribution in [0.5, 0.6) is 0 Å². The van der Waals surface area contributed by atoms with E-state index in [1.807, 2.05) is 42.7 Å². The first-order chi connectivity index (χ1) is 9.35. The van der Waals surface area contributed by atoms with Crippen molar-refractivity contribution < 1.29 is 34.7 Å². The molecule has 0 radical (unpaired) electrons. The number of benzene rings is 1. The first-order valence-corrected chi connectivity index (χ1v) is 7.55. The van der Waals surface area contributed by atoms with Crippen LogP contribution < -0.4 is 9.57 Å². The number of nitrogens with zero attached hydrogens (tertiary/aromatic N) is 1. The van der Waals surface area contributed by atoms with Crippen LogP contribution in [0.4, 0.5) is 25.2 Å². The average Bonchev–Trinajstić information content (AvgIpc) is 2.36. The molecule has 21 heavy (non-hydrogen) atoms. The molecule has 0 saturated heterocycles. The van der Waals surface area contributed by atoms with Crippen molar-refractivity contribution >= 4 is 7.81 Å². The van der Waals surface area contributed by atoms with Gasteiger partial charge >= 0.3 is 33.0 Å². The Morgan fingerprint density at radius 2 is 1.14 bits per heavy atom. The third-order valence-corrected chi connectivity index (χ3v) is 2.12. The second kappa shape index (κ2) is 5.18. The van der Waals surface area contributed by atoms with Crippen molar-refractivity contribution in [2.45, 2.75) is 0 Å². The molecule has 2 rings (SSSR count). The quantitative estimate of drug-likeness (QED) is 0.425. The SMILES string of the molecule is CO[n+]1ccc(-c2ccccc2)cc1.F[P-](F)(F)(F)(F)F. The zero-order chi connectivity index (χ0) is 16.2. The van der Waals surface area contributed by atoms with Gasteiger partial charge in [0.05, 0.1) is 0 Å². The summed E-state index contributed by atoms with van der Waals surface area (Å²) in [5.41, 5.74) is 2.41. The van der Waals surface area contributed by atoms with Crippen LogP contribution in [-0.2, 0) is 0 Å². The Bertz CT molecular complexity index is 571. The summed E-state index contributed by atoms with van der Waals surface area (Å²) >= 11 is 0. The van der Waals surface area contributed by atoms with Gasteiger partial charge in [0.1, 0.15) is 7.11 Å². The summed E-state index contributed by atoms with van der Waals surface area (Å²) in [5, 5.41) is 0. The summed E-state index contributed by atoms with van der Waals surface area (Å²) in [4.78, 5) is 5.02. The van der Waals surface area contributed by atoms with E-state index in [9.17, 15) is 25.2 Å². The molecule has 0 N–H and O–H groups in total. The summed E-state index contributed by atoms with van der Waals surface area (Å²) in [5.74, 6) is 0. The molecule has 0 atom stereocenters. The zero-order valence-corrected chi connectivity index (χ0v) is 11.7. The van der Waals surface area contributed by atoms with Gasteiger partial charge in [0.25, 0.3) is 0 Å². The Kier molecular flexibility index (Phi) is 4.25. The zero-order valence-electron chi connectivity index (χ0n) is 10.8. The van der Waals surface area contributed by atoms with E-state index in [4.69, 9.17) is 4.84 Å². The predicted molar refractivity (Wildman–Crippen MR) is 68.1 cm³/mol. The molecule has 0 fully saturated rings. The molecule has 0 unspecified atom stereocenters. The Morgan fingerprint density at radius 3 is 1.52 bits per heavy atom. The maximum absolute atomic E-state index is 10.7. The van der Waals surface area contributed by atoms with Crippen LogP contribution in [0.15, 0.2) is 54.9 Å². The Hall–Kier alpha value is -1.82. The van der Waals surface area contributed by atoms with Crippen molar-refractivity contribution in [3.05, 3.63) is 54.9 Å². The molecule has 0 bridgehead atoms. The summed E-state index contributed by atoms with van der Waals surface area (Å²) in [6.07, 6.45) is 3.78. The second-order valence-electron chi connectivity index (χ2n) is 3.95. The molecule has 2 nitrogen and oxygen atoms in total. The van der Waals surface area contributed by atoms with Crippen LogP contribution in [0.25, 0.3) is 11.1 Å². The number of hydrogen-bond donors (Lipinski definition) is 0. The maximum atomic E-state index is 9.87. The van der Waals surface area contributed by atoms with Crippen molar-refractivity contribution in [2.75, 3.05) is 7.11 Å². The third kappa shape index (κ3) is 9.67. The normalized spacial score (nSPS) is 14.2. The molecule has 0 amide bonds. The summed E-state index contributed by atoms with van der Waals surface area (Å²) in [6, 6.07) is 14.3. The van der Waals surface area contributed by atoms with E-state index >= 15 is 0 Å². The molecule has 0 aliphatic heterocycles. The molecular formula is C12H12F6NOP. The number of hydrogen-bond acceptors (Lipinski definition) is 1. The van der Waals surface area contributed by atoms with E-state index in [2.05, 4.69) is 12.1 Å². The third-order valence-electron chi connectivity index (χ3n) is 2.12. The van der Waals surface area contributed by atoms with Gasteiger partial charge in [-0.3, -0.25) is 4.84 Å². The number of halogens is 6. The van der Waals surface area contributed by atoms with Crippen LogP contribution >= 0.6 is 7.81 Å². The molecule has 0 aliphatic carbocycles. The van der Waals surface area contributed by atoms with E-state index in [-0.39, 0.29) is 0 Å². The van der Waals surface area contributed by atoms with Crippen molar-refractivity contribution in [1.82, 2.24) is 0 Å². The summed E-state index contributed by atoms with van der Waals surface area (Å²) < 4.78 is 60.9. The summed E-state index contributed by atoms with van der Waals surface area (Å²) in [6.45, 7) is 0. The van der Waals surface area contributed by atoms with Gasteiger partial charge in [-0.1, -0.05) is 30.3 Å². The van der Waals surface area contributed by atoms with E-state index in [1.54, 1.807) is 11.8 Å². The molecule has 9 heteroatoms. The molecule has 1 aromatic heterocycles. The van der Waals surface area contributed by atoms with E-state index in [1.165, 1.54) is 11.1 Å². The molecular weight excluding hydrogens is 319 g/mol. The fourth-order valence-corrected chi connectivity index (χ4v) is 1.36. The van der Waals surface area contributed by atoms with E-state index < -0.39 is 7.81 Å². The van der Waals surface area contributed by atoms with E-state index in [0.717, 1.165) is 0 Å². The Balaban J connectivity index is 0.000000270. The number of aromatic nitrogens is 1. The fourth-order valence-electron chi connectivity index (χ4n) is 1.36. The standard InChI is InChI=1S/C12H12NO.F6P/c1-14-13-9-7-12(8-10-13)11-5-3-2-4-6-11;1-7(2,3,4,5)6/h2-10H,1H3;/q+1;-1. The van der Waals surface area contributed by atoms with Gasteiger partial charge in [0, 0.05) is 16.9 Å². The van der Waals surface area contributed by atoms with Crippen LogP contribution in [0, 0.1) is 0 Å². The van der Waals surface area contributed by atoms with Crippen molar-refractivity contribution in [2.24, 2.45) is 0 Å². The molecule has 1 aromatic carbocycles. The van der Waals surface area contributed by atoms with Crippen LogP contribution in [-0.4, -0.2) is 7.11 Å². The fraction of sp³-hybridized carbons (Fsp3) is 0.0833. The van der Waals surface area contributed by atoms with Gasteiger partial charge in [-0.05, 0) is 11.1 Å². The second-order valence-corrected chi connectivity index (χ2v) is 5.87. The molecule has 118 valence electrons. The molecule has 0 spiro atoms. The summed E-state index contributed by atoms with van der Waals surface area (Å²) in [7, 11) is -9.02. The molecule has 0 saturated carbocycles. The van der Waals surface area contributed by atoms with Crippen molar-refractivity contribution in [3.8, 4) is 11.1 Å². The van der Waals surface area contributed by atoms with Gasteiger partial charge in [-0.25, -0.2) is 0 Å². The molecule has 0 aliphatic rings. The minimum absolute atomic E-state index is 1.19. The average molecular weight is 331 g/mol. The Morgan fingerprint density at radius 1 is 0.762 bits per heavy atom. The van der Waals surface area contributed by atoms with Gasteiger partial charge in [-0.15, -0.1) is 0 Å². The van der Waals surface area contributed by atoms with Gasteiger partial charge in [-0.2, -0.15) is 0 Å². The van der Waals surface area contributed by atoms with Crippen LogP contribution in [0.1, 0.15) is 0 Å². The van der Waals surface area contributed by atoms with Gasteiger partial charge in [0.2, 0.25) is 12.4 Å². The topological polar surface area (TPSA) is 13.1 Å².